The molecule has 0 aromatic carbocycles. The summed E-state index contributed by atoms with van der Waals surface area (Å²) in [4.78, 5) is 10.9. The number of hydrogen-bond donors (Lipinski definition) is 1. The van der Waals surface area contributed by atoms with Gasteiger partial charge in [0.1, 0.15) is 5.76 Å². The smallest absolute Gasteiger partial charge is 0.336 e. The van der Waals surface area contributed by atoms with Gasteiger partial charge in [-0.3, -0.25) is 0 Å². The highest BCUT2D eigenvalue weighted by Gasteiger charge is 2.32. The van der Waals surface area contributed by atoms with Gasteiger partial charge >= 0.3 is 5.97 Å². The third-order valence-electron chi connectivity index (χ3n) is 2.22. The molecular weight excluding hydrogens is 172 g/mol. The Morgan fingerprint density at radius 2 is 2.46 bits per heavy atom. The summed E-state index contributed by atoms with van der Waals surface area (Å²) in [7, 11) is 1.56. The molecule has 1 N–H and O–H groups in total. The third kappa shape index (κ3) is 1.38. The van der Waals surface area contributed by atoms with Crippen LogP contribution in [-0.4, -0.2) is 30.4 Å². The summed E-state index contributed by atoms with van der Waals surface area (Å²) in [6.07, 6.45) is 2.68. The molecule has 0 unspecified atom stereocenters. The van der Waals surface area contributed by atoms with Gasteiger partial charge in [-0.2, -0.15) is 0 Å². The van der Waals surface area contributed by atoms with E-state index in [-0.39, 0.29) is 6.10 Å². The highest BCUT2D eigenvalue weighted by Crippen LogP contribution is 2.30. The first-order valence-electron chi connectivity index (χ1n) is 4.07. The predicted octanol–water partition coefficient (Wildman–Crippen LogP) is 0.133. The van der Waals surface area contributed by atoms with Crippen LogP contribution in [0.3, 0.4) is 0 Å². The molecule has 0 spiro atoms. The van der Waals surface area contributed by atoms with E-state index in [1.165, 1.54) is 6.08 Å². The van der Waals surface area contributed by atoms with E-state index in [1.54, 1.807) is 13.2 Å². The summed E-state index contributed by atoms with van der Waals surface area (Å²) in [5.74, 6) is 0.0210. The standard InChI is InChI=1S/C9H10O4/c1-12-5-2-7(10)6-4-9(11)13-8(6)3-5/h3-5,7,10H,2H2,1H3/t5-,7+/m0/s1. The Morgan fingerprint density at radius 1 is 1.69 bits per heavy atom. The van der Waals surface area contributed by atoms with Crippen LogP contribution >= 0.6 is 0 Å². The van der Waals surface area contributed by atoms with Gasteiger partial charge in [-0.1, -0.05) is 0 Å². The van der Waals surface area contributed by atoms with Crippen molar-refractivity contribution in [2.75, 3.05) is 7.11 Å². The topological polar surface area (TPSA) is 55.8 Å². The SMILES string of the molecule is CO[C@@H]1C=C2OC(=O)C=C2[C@H](O)C1. The van der Waals surface area contributed by atoms with Crippen molar-refractivity contribution in [3.05, 3.63) is 23.5 Å². The number of carbonyl (C=O) groups excluding carboxylic acids is 1. The largest absolute Gasteiger partial charge is 0.423 e. The van der Waals surface area contributed by atoms with Crippen LogP contribution in [-0.2, 0) is 14.3 Å². The molecule has 70 valence electrons. The fourth-order valence-corrected chi connectivity index (χ4v) is 1.53. The van der Waals surface area contributed by atoms with Gasteiger partial charge < -0.3 is 14.6 Å². The maximum atomic E-state index is 10.9. The Bertz CT molecular complexity index is 303. The van der Waals surface area contributed by atoms with Crippen LogP contribution in [0.15, 0.2) is 23.5 Å². The third-order valence-corrected chi connectivity index (χ3v) is 2.22. The van der Waals surface area contributed by atoms with Crippen LogP contribution in [0, 0.1) is 0 Å². The molecule has 2 aliphatic rings. The Morgan fingerprint density at radius 3 is 3.15 bits per heavy atom. The van der Waals surface area contributed by atoms with Crippen molar-refractivity contribution < 1.29 is 19.4 Å². The van der Waals surface area contributed by atoms with Gasteiger partial charge in [0.25, 0.3) is 0 Å². The number of methoxy groups -OCH3 is 1. The minimum atomic E-state index is -0.656. The van der Waals surface area contributed by atoms with Gasteiger partial charge in [0.2, 0.25) is 0 Å². The van der Waals surface area contributed by atoms with E-state index < -0.39 is 12.1 Å². The zero-order chi connectivity index (χ0) is 9.42. The Kier molecular flexibility index (Phi) is 1.94. The van der Waals surface area contributed by atoms with Gasteiger partial charge in [0, 0.05) is 25.2 Å². The lowest BCUT2D eigenvalue weighted by Gasteiger charge is -2.22. The summed E-state index contributed by atoms with van der Waals surface area (Å²) in [5, 5.41) is 9.58. The lowest BCUT2D eigenvalue weighted by atomic mass is 9.95. The molecule has 0 amide bonds. The number of rotatable bonds is 1. The van der Waals surface area contributed by atoms with E-state index in [4.69, 9.17) is 9.47 Å². The summed E-state index contributed by atoms with van der Waals surface area (Å²) in [6.45, 7) is 0. The van der Waals surface area contributed by atoms with Crippen LogP contribution in [0.25, 0.3) is 0 Å². The van der Waals surface area contributed by atoms with Gasteiger partial charge in [-0.25, -0.2) is 4.79 Å². The normalized spacial score (nSPS) is 32.0. The first-order chi connectivity index (χ1) is 6.20. The fourth-order valence-electron chi connectivity index (χ4n) is 1.53. The molecule has 0 bridgehead atoms. The fraction of sp³-hybridized carbons (Fsp3) is 0.444. The monoisotopic (exact) mass is 182 g/mol. The van der Waals surface area contributed by atoms with Gasteiger partial charge in [0.15, 0.2) is 0 Å². The predicted molar refractivity (Wildman–Crippen MR) is 43.7 cm³/mol. The minimum Gasteiger partial charge on any atom is -0.423 e. The molecular formula is C9H10O4. The molecule has 0 aromatic rings. The van der Waals surface area contributed by atoms with Crippen LogP contribution in [0.2, 0.25) is 0 Å². The quantitative estimate of drug-likeness (QED) is 0.586. The number of esters is 1. The summed E-state index contributed by atoms with van der Waals surface area (Å²) >= 11 is 0. The number of carbonyl (C=O) groups is 1. The molecule has 1 aliphatic heterocycles. The molecule has 13 heavy (non-hydrogen) atoms. The number of ether oxygens (including phenoxy) is 2. The summed E-state index contributed by atoms with van der Waals surface area (Å²) in [5.41, 5.74) is 0.568. The second-order valence-corrected chi connectivity index (χ2v) is 3.08. The van der Waals surface area contributed by atoms with Crippen molar-refractivity contribution in [1.82, 2.24) is 0 Å². The van der Waals surface area contributed by atoms with Crippen LogP contribution in [0.5, 0.6) is 0 Å². The van der Waals surface area contributed by atoms with Crippen molar-refractivity contribution in [2.45, 2.75) is 18.6 Å². The highest BCUT2D eigenvalue weighted by molar-refractivity contribution is 5.88. The van der Waals surface area contributed by atoms with Crippen LogP contribution in [0.1, 0.15) is 6.42 Å². The molecule has 4 heteroatoms. The highest BCUT2D eigenvalue weighted by atomic mass is 16.5. The number of hydrogen-bond acceptors (Lipinski definition) is 4. The number of aliphatic hydroxyl groups is 1. The van der Waals surface area contributed by atoms with E-state index in [1.807, 2.05) is 0 Å². The van der Waals surface area contributed by atoms with Crippen molar-refractivity contribution in [3.63, 3.8) is 0 Å². The molecule has 0 saturated heterocycles. The molecule has 4 nitrogen and oxygen atoms in total. The van der Waals surface area contributed by atoms with Gasteiger partial charge in [-0.15, -0.1) is 0 Å². The zero-order valence-corrected chi connectivity index (χ0v) is 7.19. The lowest BCUT2D eigenvalue weighted by Crippen LogP contribution is -2.25. The average Bonchev–Trinajstić information content (AvgIpc) is 2.46. The summed E-state index contributed by atoms with van der Waals surface area (Å²) in [6, 6.07) is 0. The van der Waals surface area contributed by atoms with Crippen LogP contribution < -0.4 is 0 Å². The Hall–Kier alpha value is -1.13. The van der Waals surface area contributed by atoms with E-state index in [9.17, 15) is 9.90 Å². The molecule has 1 heterocycles. The lowest BCUT2D eigenvalue weighted by molar-refractivity contribution is -0.132. The number of fused-ring (bicyclic) bond motifs is 1. The number of aliphatic hydroxyl groups excluding tert-OH is 1. The molecule has 1 aliphatic carbocycles. The second kappa shape index (κ2) is 2.97. The summed E-state index contributed by atoms with van der Waals surface area (Å²) < 4.78 is 9.91. The molecule has 0 radical (unpaired) electrons. The zero-order valence-electron chi connectivity index (χ0n) is 7.19. The second-order valence-electron chi connectivity index (χ2n) is 3.08. The maximum absolute atomic E-state index is 10.9. The molecule has 0 fully saturated rings. The van der Waals surface area contributed by atoms with E-state index in [2.05, 4.69) is 0 Å². The van der Waals surface area contributed by atoms with E-state index in [0.717, 1.165) is 0 Å². The van der Waals surface area contributed by atoms with Gasteiger partial charge in [0.05, 0.1) is 12.2 Å². The van der Waals surface area contributed by atoms with E-state index >= 15 is 0 Å². The first kappa shape index (κ1) is 8.47. The molecule has 0 saturated carbocycles. The molecule has 2 rings (SSSR count). The Labute approximate surface area is 75.5 Å². The minimum absolute atomic E-state index is 0.173. The van der Waals surface area contributed by atoms with Crippen LogP contribution in [0.4, 0.5) is 0 Å². The average molecular weight is 182 g/mol. The van der Waals surface area contributed by atoms with E-state index in [0.29, 0.717) is 17.8 Å². The molecule has 2 atom stereocenters. The first-order valence-corrected chi connectivity index (χ1v) is 4.07. The molecule has 0 aromatic heterocycles. The Balaban J connectivity index is 2.31. The van der Waals surface area contributed by atoms with Crippen molar-refractivity contribution in [3.8, 4) is 0 Å². The van der Waals surface area contributed by atoms with Gasteiger partial charge in [-0.05, 0) is 6.08 Å². The van der Waals surface area contributed by atoms with Crippen molar-refractivity contribution >= 4 is 5.97 Å². The maximum Gasteiger partial charge on any atom is 0.336 e. The van der Waals surface area contributed by atoms with Crippen molar-refractivity contribution in [1.29, 1.82) is 0 Å². The van der Waals surface area contributed by atoms with Crippen molar-refractivity contribution in [2.24, 2.45) is 0 Å².